The van der Waals surface area contributed by atoms with E-state index >= 15 is 0 Å². The van der Waals surface area contributed by atoms with E-state index in [1.165, 1.54) is 24.6 Å². The first-order valence-corrected chi connectivity index (χ1v) is 10.7. The van der Waals surface area contributed by atoms with Gasteiger partial charge in [0, 0.05) is 13.0 Å². The van der Waals surface area contributed by atoms with Gasteiger partial charge in [-0.15, -0.1) is 10.2 Å². The van der Waals surface area contributed by atoms with E-state index in [0.29, 0.717) is 24.9 Å². The largest absolute Gasteiger partial charge is 0.486 e. The second kappa shape index (κ2) is 8.03. The molecule has 1 amide bonds. The fourth-order valence-corrected chi connectivity index (χ4v) is 4.11. The highest BCUT2D eigenvalue weighted by Gasteiger charge is 2.29. The second-order valence-electron chi connectivity index (χ2n) is 7.66. The standard InChI is InChI=1S/C20H26N4O3S/c1-12(2)18(14-6-7-15-16(10-14)27-9-8-26-15)21-17(25)11-28-20-23-22-19(24(20)3)13-4-5-13/h6-7,10,12-13,18H,4-5,8-9,11H2,1-3H3,(H,21,25). The lowest BCUT2D eigenvalue weighted by molar-refractivity contribution is -0.119. The second-order valence-corrected chi connectivity index (χ2v) is 8.60. The van der Waals surface area contributed by atoms with Crippen LogP contribution in [0.4, 0.5) is 0 Å². The minimum Gasteiger partial charge on any atom is -0.486 e. The predicted molar refractivity (Wildman–Crippen MR) is 107 cm³/mol. The molecule has 28 heavy (non-hydrogen) atoms. The summed E-state index contributed by atoms with van der Waals surface area (Å²) in [6.45, 7) is 5.31. The van der Waals surface area contributed by atoms with Crippen molar-refractivity contribution in [2.24, 2.45) is 13.0 Å². The number of benzene rings is 1. The van der Waals surface area contributed by atoms with Crippen LogP contribution in [0.1, 0.15) is 50.0 Å². The zero-order valence-electron chi connectivity index (χ0n) is 16.5. The minimum atomic E-state index is -0.0922. The fourth-order valence-electron chi connectivity index (χ4n) is 3.38. The van der Waals surface area contributed by atoms with Crippen molar-refractivity contribution in [3.8, 4) is 11.5 Å². The highest BCUT2D eigenvalue weighted by Crippen LogP contribution is 2.39. The van der Waals surface area contributed by atoms with Crippen molar-refractivity contribution in [3.05, 3.63) is 29.6 Å². The maximum absolute atomic E-state index is 12.6. The third kappa shape index (κ3) is 4.11. The number of carbonyl (C=O) groups is 1. The summed E-state index contributed by atoms with van der Waals surface area (Å²) >= 11 is 1.43. The Balaban J connectivity index is 1.39. The average molecular weight is 403 g/mol. The summed E-state index contributed by atoms with van der Waals surface area (Å²) in [5, 5.41) is 12.5. The molecule has 1 unspecified atom stereocenters. The molecule has 4 rings (SSSR count). The molecule has 0 saturated heterocycles. The molecule has 150 valence electrons. The summed E-state index contributed by atoms with van der Waals surface area (Å²) in [5.74, 6) is 3.60. The fraction of sp³-hybridized carbons (Fsp3) is 0.550. The number of nitrogens with one attached hydrogen (secondary N) is 1. The van der Waals surface area contributed by atoms with Gasteiger partial charge in [-0.3, -0.25) is 4.79 Å². The zero-order chi connectivity index (χ0) is 19.7. The maximum Gasteiger partial charge on any atom is 0.230 e. The lowest BCUT2D eigenvalue weighted by Gasteiger charge is -2.25. The Morgan fingerprint density at radius 1 is 1.25 bits per heavy atom. The molecule has 1 aliphatic carbocycles. The lowest BCUT2D eigenvalue weighted by Crippen LogP contribution is -2.33. The number of nitrogens with zero attached hydrogens (tertiary/aromatic N) is 3. The summed E-state index contributed by atoms with van der Waals surface area (Å²) < 4.78 is 13.3. The first-order valence-electron chi connectivity index (χ1n) is 9.74. The molecule has 1 aromatic heterocycles. The quantitative estimate of drug-likeness (QED) is 0.717. The Bertz CT molecular complexity index is 863. The average Bonchev–Trinajstić information content (AvgIpc) is 3.47. The van der Waals surface area contributed by atoms with E-state index < -0.39 is 0 Å². The predicted octanol–water partition coefficient (Wildman–Crippen LogP) is 3.07. The van der Waals surface area contributed by atoms with E-state index in [1.54, 1.807) is 0 Å². The third-order valence-corrected chi connectivity index (χ3v) is 6.07. The van der Waals surface area contributed by atoms with E-state index in [2.05, 4.69) is 29.4 Å². The van der Waals surface area contributed by atoms with Gasteiger partial charge in [-0.1, -0.05) is 31.7 Å². The number of fused-ring (bicyclic) bond motifs is 1. The maximum atomic E-state index is 12.6. The van der Waals surface area contributed by atoms with E-state index in [0.717, 1.165) is 28.0 Å². The number of hydrogen-bond acceptors (Lipinski definition) is 6. The van der Waals surface area contributed by atoms with Crippen LogP contribution in [0.2, 0.25) is 0 Å². The summed E-state index contributed by atoms with van der Waals surface area (Å²) in [4.78, 5) is 12.6. The number of carbonyl (C=O) groups excluding carboxylic acids is 1. The summed E-state index contributed by atoms with van der Waals surface area (Å²) in [7, 11) is 1.97. The number of aromatic nitrogens is 3. The van der Waals surface area contributed by atoms with Crippen LogP contribution in [-0.2, 0) is 11.8 Å². The van der Waals surface area contributed by atoms with Gasteiger partial charge in [0.05, 0.1) is 11.8 Å². The summed E-state index contributed by atoms with van der Waals surface area (Å²) in [5.41, 5.74) is 1.02. The third-order valence-electron chi connectivity index (χ3n) is 5.05. The molecule has 7 nitrogen and oxygen atoms in total. The Kier molecular flexibility index (Phi) is 5.48. The van der Waals surface area contributed by atoms with Crippen LogP contribution in [0.25, 0.3) is 0 Å². The van der Waals surface area contributed by atoms with E-state index in [9.17, 15) is 4.79 Å². The molecular formula is C20H26N4O3S. The summed E-state index contributed by atoms with van der Waals surface area (Å²) in [6.07, 6.45) is 2.37. The van der Waals surface area contributed by atoms with Gasteiger partial charge in [0.1, 0.15) is 19.0 Å². The van der Waals surface area contributed by atoms with Crippen molar-refractivity contribution >= 4 is 17.7 Å². The van der Waals surface area contributed by atoms with E-state index in [4.69, 9.17) is 9.47 Å². The summed E-state index contributed by atoms with van der Waals surface area (Å²) in [6, 6.07) is 5.79. The topological polar surface area (TPSA) is 78.3 Å². The minimum absolute atomic E-state index is 0.0189. The van der Waals surface area contributed by atoms with Gasteiger partial charge in [0.25, 0.3) is 0 Å². The van der Waals surface area contributed by atoms with Gasteiger partial charge in [0.2, 0.25) is 5.91 Å². The molecule has 2 heterocycles. The molecule has 0 bridgehead atoms. The molecule has 8 heteroatoms. The Hall–Kier alpha value is -2.22. The van der Waals surface area contributed by atoms with Gasteiger partial charge >= 0.3 is 0 Å². The van der Waals surface area contributed by atoms with Gasteiger partial charge in [-0.25, -0.2) is 0 Å². The molecule has 2 aliphatic rings. The Morgan fingerprint density at radius 2 is 2.00 bits per heavy atom. The highest BCUT2D eigenvalue weighted by molar-refractivity contribution is 7.99. The molecule has 1 atom stereocenters. The molecule has 2 aromatic rings. The van der Waals surface area contributed by atoms with E-state index in [-0.39, 0.29) is 17.9 Å². The highest BCUT2D eigenvalue weighted by atomic mass is 32.2. The van der Waals surface area contributed by atoms with Crippen LogP contribution in [0, 0.1) is 5.92 Å². The molecule has 1 fully saturated rings. The molecular weight excluding hydrogens is 376 g/mol. The van der Waals surface area contributed by atoms with Crippen LogP contribution < -0.4 is 14.8 Å². The Labute approximate surface area is 169 Å². The van der Waals surface area contributed by atoms with Gasteiger partial charge in [-0.05, 0) is 36.5 Å². The van der Waals surface area contributed by atoms with Crippen LogP contribution in [0.3, 0.4) is 0 Å². The molecule has 1 aliphatic heterocycles. The first kappa shape index (κ1) is 19.1. The van der Waals surface area contributed by atoms with Crippen molar-refractivity contribution in [3.63, 3.8) is 0 Å². The van der Waals surface area contributed by atoms with Crippen molar-refractivity contribution in [2.75, 3.05) is 19.0 Å². The smallest absolute Gasteiger partial charge is 0.230 e. The molecule has 1 aromatic carbocycles. The number of ether oxygens (including phenoxy) is 2. The first-order chi connectivity index (χ1) is 13.5. The van der Waals surface area contributed by atoms with Crippen LogP contribution in [0.15, 0.2) is 23.4 Å². The van der Waals surface area contributed by atoms with Gasteiger partial charge in [0.15, 0.2) is 16.7 Å². The molecule has 0 radical (unpaired) electrons. The van der Waals surface area contributed by atoms with E-state index in [1.807, 2.05) is 29.8 Å². The van der Waals surface area contributed by atoms with Gasteiger partial charge in [-0.2, -0.15) is 0 Å². The zero-order valence-corrected chi connectivity index (χ0v) is 17.3. The van der Waals surface area contributed by atoms with Crippen LogP contribution >= 0.6 is 11.8 Å². The van der Waals surface area contributed by atoms with Crippen LogP contribution in [-0.4, -0.2) is 39.6 Å². The lowest BCUT2D eigenvalue weighted by atomic mass is 9.95. The Morgan fingerprint density at radius 3 is 2.71 bits per heavy atom. The van der Waals surface area contributed by atoms with Crippen molar-refractivity contribution in [1.82, 2.24) is 20.1 Å². The molecule has 1 saturated carbocycles. The SMILES string of the molecule is CC(C)C(NC(=O)CSc1nnc(C2CC2)n1C)c1ccc2c(c1)OCCO2. The number of amides is 1. The van der Waals surface area contributed by atoms with Gasteiger partial charge < -0.3 is 19.4 Å². The van der Waals surface area contributed by atoms with Crippen molar-refractivity contribution in [2.45, 2.75) is 43.8 Å². The number of thioether (sulfide) groups is 1. The number of rotatable bonds is 7. The van der Waals surface area contributed by atoms with Crippen molar-refractivity contribution in [1.29, 1.82) is 0 Å². The molecule has 0 spiro atoms. The van der Waals surface area contributed by atoms with Crippen LogP contribution in [0.5, 0.6) is 11.5 Å². The monoisotopic (exact) mass is 402 g/mol. The van der Waals surface area contributed by atoms with Crippen molar-refractivity contribution < 1.29 is 14.3 Å². The normalized spacial score (nSPS) is 16.9. The number of hydrogen-bond donors (Lipinski definition) is 1. The molecule has 1 N–H and O–H groups in total.